The molecule has 0 saturated heterocycles. The zero-order valence-electron chi connectivity index (χ0n) is 11.0. The van der Waals surface area contributed by atoms with Crippen molar-refractivity contribution in [1.29, 1.82) is 0 Å². The van der Waals surface area contributed by atoms with E-state index in [1.807, 2.05) is 0 Å². The lowest BCUT2D eigenvalue weighted by atomic mass is 9.98. The van der Waals surface area contributed by atoms with Gasteiger partial charge in [0.25, 0.3) is 0 Å². The number of aryl methyl sites for hydroxylation is 4. The van der Waals surface area contributed by atoms with Gasteiger partial charge in [0, 0.05) is 6.42 Å². The molecule has 1 radical (unpaired) electrons. The maximum atomic E-state index is 2.24. The molecule has 0 aromatic heterocycles. The third-order valence-electron chi connectivity index (χ3n) is 3.40. The normalized spacial score (nSPS) is 10.6. The van der Waals surface area contributed by atoms with Crippen LogP contribution in [-0.4, -0.2) is 0 Å². The molecular weight excluding hydrogens is 204 g/mol. The zero-order valence-corrected chi connectivity index (χ0v) is 11.0. The smallest absolute Gasteiger partial charge is 0.0199 e. The molecular formula is C17H19. The van der Waals surface area contributed by atoms with E-state index >= 15 is 0 Å². The van der Waals surface area contributed by atoms with Crippen LogP contribution in [0.5, 0.6) is 0 Å². The number of rotatable bonds is 2. The third-order valence-corrected chi connectivity index (χ3v) is 3.40. The Morgan fingerprint density at radius 3 is 1.35 bits per heavy atom. The lowest BCUT2D eigenvalue weighted by molar-refractivity contribution is 1.28. The van der Waals surface area contributed by atoms with Crippen molar-refractivity contribution in [1.82, 2.24) is 0 Å². The molecule has 2 rings (SSSR count). The average molecular weight is 223 g/mol. The molecule has 0 aliphatic heterocycles. The van der Waals surface area contributed by atoms with Gasteiger partial charge in [-0.15, -0.1) is 0 Å². The maximum absolute atomic E-state index is 2.24. The SMILES string of the molecule is Cc1ccc([CH]c2ccc(C)c(C)c2)cc1C. The van der Waals surface area contributed by atoms with Crippen LogP contribution in [0.4, 0.5) is 0 Å². The van der Waals surface area contributed by atoms with E-state index in [1.165, 1.54) is 33.4 Å². The first-order valence-electron chi connectivity index (χ1n) is 6.05. The molecule has 0 aliphatic carbocycles. The van der Waals surface area contributed by atoms with Gasteiger partial charge < -0.3 is 0 Å². The maximum Gasteiger partial charge on any atom is 0.0199 e. The quantitative estimate of drug-likeness (QED) is 0.702. The first kappa shape index (κ1) is 11.9. The molecule has 0 N–H and O–H groups in total. The Kier molecular flexibility index (Phi) is 3.33. The molecule has 0 bridgehead atoms. The highest BCUT2D eigenvalue weighted by Crippen LogP contribution is 2.18. The van der Waals surface area contributed by atoms with E-state index in [9.17, 15) is 0 Å². The Balaban J connectivity index is 2.25. The van der Waals surface area contributed by atoms with Crippen LogP contribution in [0.15, 0.2) is 36.4 Å². The highest BCUT2D eigenvalue weighted by atomic mass is 14.1. The van der Waals surface area contributed by atoms with Crippen LogP contribution in [-0.2, 0) is 0 Å². The summed E-state index contributed by atoms with van der Waals surface area (Å²) in [4.78, 5) is 0. The number of hydrogen-bond donors (Lipinski definition) is 0. The molecule has 2 aromatic carbocycles. The Labute approximate surface area is 104 Å². The molecule has 2 aromatic rings. The summed E-state index contributed by atoms with van der Waals surface area (Å²) in [5.41, 5.74) is 7.95. The molecule has 0 saturated carbocycles. The molecule has 0 fully saturated rings. The standard InChI is InChI=1S/C17H19/c1-12-5-7-16(9-14(12)3)11-17-8-6-13(2)15(4)10-17/h5-11H,1-4H3. The fourth-order valence-corrected chi connectivity index (χ4v) is 1.90. The molecule has 17 heavy (non-hydrogen) atoms. The van der Waals surface area contributed by atoms with Gasteiger partial charge in [-0.05, 0) is 61.1 Å². The van der Waals surface area contributed by atoms with Crippen molar-refractivity contribution in [3.05, 3.63) is 76.2 Å². The van der Waals surface area contributed by atoms with Crippen LogP contribution in [0.25, 0.3) is 0 Å². The zero-order chi connectivity index (χ0) is 12.4. The summed E-state index contributed by atoms with van der Waals surface area (Å²) in [6.45, 7) is 8.62. The second kappa shape index (κ2) is 4.75. The monoisotopic (exact) mass is 223 g/mol. The van der Waals surface area contributed by atoms with Gasteiger partial charge in [0.05, 0.1) is 0 Å². The summed E-state index contributed by atoms with van der Waals surface area (Å²) < 4.78 is 0. The minimum atomic E-state index is 1.27. The van der Waals surface area contributed by atoms with Crippen molar-refractivity contribution >= 4 is 0 Å². The summed E-state index contributed by atoms with van der Waals surface area (Å²) in [7, 11) is 0. The molecule has 0 heterocycles. The topological polar surface area (TPSA) is 0 Å². The number of benzene rings is 2. The lowest BCUT2D eigenvalue weighted by Crippen LogP contribution is -1.90. The van der Waals surface area contributed by atoms with E-state index < -0.39 is 0 Å². The summed E-state index contributed by atoms with van der Waals surface area (Å²) in [6, 6.07) is 13.2. The van der Waals surface area contributed by atoms with Crippen LogP contribution in [0.3, 0.4) is 0 Å². The molecule has 0 amide bonds. The van der Waals surface area contributed by atoms with E-state index in [1.54, 1.807) is 0 Å². The summed E-state index contributed by atoms with van der Waals surface area (Å²) in [5, 5.41) is 0. The van der Waals surface area contributed by atoms with Crippen molar-refractivity contribution in [3.8, 4) is 0 Å². The minimum Gasteiger partial charge on any atom is -0.0588 e. The van der Waals surface area contributed by atoms with Crippen molar-refractivity contribution in [2.24, 2.45) is 0 Å². The fourth-order valence-electron chi connectivity index (χ4n) is 1.90. The van der Waals surface area contributed by atoms with Crippen LogP contribution in [0.2, 0.25) is 0 Å². The molecule has 0 nitrogen and oxygen atoms in total. The van der Waals surface area contributed by atoms with E-state index in [0.29, 0.717) is 0 Å². The van der Waals surface area contributed by atoms with E-state index in [4.69, 9.17) is 0 Å². The van der Waals surface area contributed by atoms with Crippen LogP contribution in [0.1, 0.15) is 33.4 Å². The molecule has 0 unspecified atom stereocenters. The Bertz CT molecular complexity index is 486. The third kappa shape index (κ3) is 2.76. The van der Waals surface area contributed by atoms with Crippen molar-refractivity contribution < 1.29 is 0 Å². The molecule has 0 spiro atoms. The highest BCUT2D eigenvalue weighted by Gasteiger charge is 2.01. The lowest BCUT2D eigenvalue weighted by Gasteiger charge is -2.07. The van der Waals surface area contributed by atoms with Gasteiger partial charge in [0.2, 0.25) is 0 Å². The first-order chi connectivity index (χ1) is 8.06. The van der Waals surface area contributed by atoms with Crippen molar-refractivity contribution in [2.75, 3.05) is 0 Å². The van der Waals surface area contributed by atoms with Crippen molar-refractivity contribution in [2.45, 2.75) is 27.7 Å². The second-order valence-corrected chi connectivity index (χ2v) is 4.83. The summed E-state index contributed by atoms with van der Waals surface area (Å²) in [5.74, 6) is 0. The van der Waals surface area contributed by atoms with Crippen molar-refractivity contribution in [3.63, 3.8) is 0 Å². The molecule has 0 aliphatic rings. The van der Waals surface area contributed by atoms with E-state index in [-0.39, 0.29) is 0 Å². The fraction of sp³-hybridized carbons (Fsp3) is 0.235. The Morgan fingerprint density at radius 2 is 1.00 bits per heavy atom. The van der Waals surface area contributed by atoms with E-state index in [0.717, 1.165) is 0 Å². The van der Waals surface area contributed by atoms with Gasteiger partial charge in [0.15, 0.2) is 0 Å². The van der Waals surface area contributed by atoms with Gasteiger partial charge in [-0.3, -0.25) is 0 Å². The molecule has 0 atom stereocenters. The predicted molar refractivity (Wildman–Crippen MR) is 74.3 cm³/mol. The molecule has 87 valence electrons. The summed E-state index contributed by atoms with van der Waals surface area (Å²) in [6.07, 6.45) is 2.24. The largest absolute Gasteiger partial charge is 0.0588 e. The highest BCUT2D eigenvalue weighted by molar-refractivity contribution is 5.43. The second-order valence-electron chi connectivity index (χ2n) is 4.83. The Morgan fingerprint density at radius 1 is 0.588 bits per heavy atom. The van der Waals surface area contributed by atoms with Crippen LogP contribution < -0.4 is 0 Å². The summed E-state index contributed by atoms with van der Waals surface area (Å²) >= 11 is 0. The average Bonchev–Trinajstić information content (AvgIpc) is 2.29. The number of hydrogen-bond acceptors (Lipinski definition) is 0. The van der Waals surface area contributed by atoms with Gasteiger partial charge in [-0.1, -0.05) is 36.4 Å². The minimum absolute atomic E-state index is 1.27. The molecule has 0 heteroatoms. The van der Waals surface area contributed by atoms with Gasteiger partial charge >= 0.3 is 0 Å². The van der Waals surface area contributed by atoms with E-state index in [2.05, 4.69) is 70.5 Å². The van der Waals surface area contributed by atoms with Crippen LogP contribution >= 0.6 is 0 Å². The Hall–Kier alpha value is -1.56. The van der Waals surface area contributed by atoms with Gasteiger partial charge in [-0.2, -0.15) is 0 Å². The predicted octanol–water partition coefficient (Wildman–Crippen LogP) is 4.52. The van der Waals surface area contributed by atoms with Gasteiger partial charge in [-0.25, -0.2) is 0 Å². The van der Waals surface area contributed by atoms with Gasteiger partial charge in [0.1, 0.15) is 0 Å². The first-order valence-corrected chi connectivity index (χ1v) is 6.05. The van der Waals surface area contributed by atoms with Crippen LogP contribution in [0, 0.1) is 34.1 Å².